The molecule has 1 aromatic rings. The van der Waals surface area contributed by atoms with E-state index < -0.39 is 11.8 Å². The molecule has 0 aliphatic heterocycles. The van der Waals surface area contributed by atoms with E-state index in [1.165, 1.54) is 0 Å². The summed E-state index contributed by atoms with van der Waals surface area (Å²) in [6.07, 6.45) is 0. The zero-order chi connectivity index (χ0) is 9.30. The summed E-state index contributed by atoms with van der Waals surface area (Å²) in [5.41, 5.74) is -0.293. The molecule has 0 unspecified atom stereocenters. The Kier molecular flexibility index (Phi) is 5.25. The van der Waals surface area contributed by atoms with Gasteiger partial charge in [0.1, 0.15) is 5.82 Å². The summed E-state index contributed by atoms with van der Waals surface area (Å²) in [4.78, 5) is 10.4. The standard InChI is InChI=1S/C7H3Cl2FO2.Na.H/c8-4-2-5(9)6(10)1-3(4)7(11)12;;/h1-2H,(H,11,12);;. The van der Waals surface area contributed by atoms with Crippen molar-refractivity contribution in [2.24, 2.45) is 0 Å². The summed E-state index contributed by atoms with van der Waals surface area (Å²) in [6, 6.07) is 1.84. The fraction of sp³-hybridized carbons (Fsp3) is 0. The maximum absolute atomic E-state index is 12.7. The maximum atomic E-state index is 12.7. The summed E-state index contributed by atoms with van der Waals surface area (Å²) in [5, 5.41) is 8.22. The van der Waals surface area contributed by atoms with E-state index >= 15 is 0 Å². The summed E-state index contributed by atoms with van der Waals surface area (Å²) in [7, 11) is 0. The Bertz CT molecular complexity index is 344. The van der Waals surface area contributed by atoms with E-state index in [4.69, 9.17) is 28.3 Å². The van der Waals surface area contributed by atoms with Crippen molar-refractivity contribution in [1.82, 2.24) is 0 Å². The van der Waals surface area contributed by atoms with Crippen LogP contribution in [0.3, 0.4) is 0 Å². The van der Waals surface area contributed by atoms with Crippen LogP contribution in [0.15, 0.2) is 12.1 Å². The molecule has 0 aromatic heterocycles. The second kappa shape index (κ2) is 5.17. The van der Waals surface area contributed by atoms with Crippen LogP contribution in [0.25, 0.3) is 0 Å². The molecule has 1 aromatic carbocycles. The second-order valence-electron chi connectivity index (χ2n) is 2.05. The molecular formula is C7H4Cl2FNaO2. The van der Waals surface area contributed by atoms with Crippen LogP contribution in [-0.4, -0.2) is 40.6 Å². The molecule has 0 fully saturated rings. The van der Waals surface area contributed by atoms with Crippen LogP contribution in [-0.2, 0) is 0 Å². The van der Waals surface area contributed by atoms with Crippen molar-refractivity contribution in [3.63, 3.8) is 0 Å². The Balaban J connectivity index is 0.00000144. The Hall–Kier alpha value is 0.200. The molecule has 0 saturated heterocycles. The molecule has 66 valence electrons. The van der Waals surface area contributed by atoms with Gasteiger partial charge in [0.25, 0.3) is 0 Å². The summed E-state index contributed by atoms with van der Waals surface area (Å²) in [6.45, 7) is 0. The van der Waals surface area contributed by atoms with Gasteiger partial charge in [0.05, 0.1) is 15.6 Å². The normalized spacial score (nSPS) is 9.15. The van der Waals surface area contributed by atoms with Gasteiger partial charge in [-0.25, -0.2) is 9.18 Å². The van der Waals surface area contributed by atoms with Gasteiger partial charge in [-0.15, -0.1) is 0 Å². The Morgan fingerprint density at radius 2 is 1.85 bits per heavy atom. The first kappa shape index (κ1) is 13.2. The van der Waals surface area contributed by atoms with Crippen LogP contribution < -0.4 is 0 Å². The fourth-order valence-corrected chi connectivity index (χ4v) is 1.15. The molecule has 0 atom stereocenters. The Morgan fingerprint density at radius 1 is 1.31 bits per heavy atom. The molecule has 0 saturated carbocycles. The predicted octanol–water partition coefficient (Wildman–Crippen LogP) is 2.18. The van der Waals surface area contributed by atoms with Gasteiger partial charge in [0.2, 0.25) is 0 Å². The van der Waals surface area contributed by atoms with Gasteiger partial charge in [-0.3, -0.25) is 0 Å². The van der Waals surface area contributed by atoms with Gasteiger partial charge in [0.15, 0.2) is 0 Å². The summed E-state index contributed by atoms with van der Waals surface area (Å²) >= 11 is 10.8. The third-order valence-corrected chi connectivity index (χ3v) is 1.84. The van der Waals surface area contributed by atoms with Crippen molar-refractivity contribution >= 4 is 58.7 Å². The van der Waals surface area contributed by atoms with Crippen LogP contribution in [0.2, 0.25) is 10.0 Å². The average Bonchev–Trinajstić information content (AvgIpc) is 1.96. The van der Waals surface area contributed by atoms with Crippen molar-refractivity contribution in [3.8, 4) is 0 Å². The van der Waals surface area contributed by atoms with Gasteiger partial charge >= 0.3 is 35.5 Å². The molecule has 6 heteroatoms. The van der Waals surface area contributed by atoms with E-state index in [0.717, 1.165) is 12.1 Å². The third-order valence-electron chi connectivity index (χ3n) is 1.24. The number of carboxylic acids is 1. The number of hydrogen-bond donors (Lipinski definition) is 1. The topological polar surface area (TPSA) is 37.3 Å². The number of carboxylic acid groups (broad SMARTS) is 1. The summed E-state index contributed by atoms with van der Waals surface area (Å²) < 4.78 is 12.7. The van der Waals surface area contributed by atoms with Crippen LogP contribution in [0.1, 0.15) is 10.4 Å². The first-order valence-electron chi connectivity index (χ1n) is 2.90. The first-order valence-corrected chi connectivity index (χ1v) is 3.66. The minimum atomic E-state index is -1.28. The van der Waals surface area contributed by atoms with Crippen LogP contribution in [0.5, 0.6) is 0 Å². The minimum absolute atomic E-state index is 0. The van der Waals surface area contributed by atoms with E-state index in [9.17, 15) is 9.18 Å². The number of carbonyl (C=O) groups is 1. The van der Waals surface area contributed by atoms with Gasteiger partial charge in [-0.05, 0) is 12.1 Å². The zero-order valence-electron chi connectivity index (χ0n) is 5.64. The first-order chi connectivity index (χ1) is 5.52. The molecule has 0 bridgehead atoms. The molecule has 2 nitrogen and oxygen atoms in total. The van der Waals surface area contributed by atoms with Crippen molar-refractivity contribution in [3.05, 3.63) is 33.6 Å². The molecule has 0 spiro atoms. The van der Waals surface area contributed by atoms with Crippen molar-refractivity contribution in [2.75, 3.05) is 0 Å². The van der Waals surface area contributed by atoms with E-state index in [2.05, 4.69) is 0 Å². The number of hydrogen-bond acceptors (Lipinski definition) is 1. The van der Waals surface area contributed by atoms with Gasteiger partial charge < -0.3 is 5.11 Å². The molecule has 0 radical (unpaired) electrons. The molecule has 0 heterocycles. The van der Waals surface area contributed by atoms with Crippen molar-refractivity contribution in [2.45, 2.75) is 0 Å². The Morgan fingerprint density at radius 3 is 2.31 bits per heavy atom. The van der Waals surface area contributed by atoms with Crippen LogP contribution in [0, 0.1) is 5.82 Å². The quantitative estimate of drug-likeness (QED) is 0.596. The van der Waals surface area contributed by atoms with Crippen LogP contribution in [0.4, 0.5) is 4.39 Å². The zero-order valence-corrected chi connectivity index (χ0v) is 7.16. The van der Waals surface area contributed by atoms with Crippen LogP contribution >= 0.6 is 23.2 Å². The molecular weight excluding hydrogens is 229 g/mol. The van der Waals surface area contributed by atoms with E-state index in [-0.39, 0.29) is 45.2 Å². The fourth-order valence-electron chi connectivity index (χ4n) is 0.686. The third kappa shape index (κ3) is 3.11. The Labute approximate surface area is 106 Å². The molecule has 1 rings (SSSR count). The number of halogens is 3. The average molecular weight is 233 g/mol. The molecule has 0 amide bonds. The van der Waals surface area contributed by atoms with E-state index in [0.29, 0.717) is 0 Å². The number of rotatable bonds is 1. The van der Waals surface area contributed by atoms with Gasteiger partial charge in [-0.2, -0.15) is 0 Å². The molecule has 13 heavy (non-hydrogen) atoms. The van der Waals surface area contributed by atoms with Crippen molar-refractivity contribution < 1.29 is 14.3 Å². The van der Waals surface area contributed by atoms with E-state index in [1.54, 1.807) is 0 Å². The number of aromatic carboxylic acids is 1. The second-order valence-corrected chi connectivity index (χ2v) is 2.87. The molecule has 0 aliphatic carbocycles. The van der Waals surface area contributed by atoms with Crippen molar-refractivity contribution in [1.29, 1.82) is 0 Å². The molecule has 0 aliphatic rings. The van der Waals surface area contributed by atoms with Gasteiger partial charge in [0, 0.05) is 0 Å². The summed E-state index contributed by atoms with van der Waals surface area (Å²) in [5.74, 6) is -2.07. The monoisotopic (exact) mass is 232 g/mol. The predicted molar refractivity (Wildman–Crippen MR) is 50.5 cm³/mol. The number of benzene rings is 1. The van der Waals surface area contributed by atoms with Gasteiger partial charge in [-0.1, -0.05) is 23.2 Å². The SMILES string of the molecule is O=C(O)c1cc(F)c(Cl)cc1Cl.[NaH]. The molecule has 1 N–H and O–H groups in total. The van der Waals surface area contributed by atoms with E-state index in [1.807, 2.05) is 0 Å².